The third kappa shape index (κ3) is 3.75. The summed E-state index contributed by atoms with van der Waals surface area (Å²) in [5.41, 5.74) is 3.54. The van der Waals surface area contributed by atoms with Gasteiger partial charge in [-0.2, -0.15) is 0 Å². The van der Waals surface area contributed by atoms with E-state index in [1.807, 2.05) is 66.7 Å². The fourth-order valence-electron chi connectivity index (χ4n) is 3.35. The average Bonchev–Trinajstić information content (AvgIpc) is 2.70. The average molecular weight is 357 g/mol. The van der Waals surface area contributed by atoms with E-state index in [0.717, 1.165) is 22.4 Å². The molecule has 1 amide bonds. The SMILES string of the molecule is O=C1CCc2cc(OC(=O)C(c3ccccc3)c3ccccc3)ccc2N1. The highest BCUT2D eigenvalue weighted by molar-refractivity contribution is 5.94. The van der Waals surface area contributed by atoms with Gasteiger partial charge in [-0.1, -0.05) is 60.7 Å². The number of rotatable bonds is 4. The molecule has 1 aliphatic rings. The van der Waals surface area contributed by atoms with Gasteiger partial charge < -0.3 is 10.1 Å². The molecule has 27 heavy (non-hydrogen) atoms. The van der Waals surface area contributed by atoms with E-state index in [1.54, 1.807) is 12.1 Å². The van der Waals surface area contributed by atoms with Crippen molar-refractivity contribution in [3.05, 3.63) is 95.6 Å². The van der Waals surface area contributed by atoms with Crippen LogP contribution in [0.2, 0.25) is 0 Å². The van der Waals surface area contributed by atoms with Gasteiger partial charge in [-0.25, -0.2) is 0 Å². The number of fused-ring (bicyclic) bond motifs is 1. The number of anilines is 1. The first-order valence-corrected chi connectivity index (χ1v) is 8.95. The van der Waals surface area contributed by atoms with Crippen LogP contribution in [0, 0.1) is 0 Å². The summed E-state index contributed by atoms with van der Waals surface area (Å²) in [5.74, 6) is -0.317. The molecular formula is C23H19NO3. The molecule has 0 aliphatic carbocycles. The van der Waals surface area contributed by atoms with Crippen LogP contribution in [0.25, 0.3) is 0 Å². The van der Waals surface area contributed by atoms with Crippen LogP contribution in [0.3, 0.4) is 0 Å². The summed E-state index contributed by atoms with van der Waals surface area (Å²) in [6, 6.07) is 24.6. The van der Waals surface area contributed by atoms with Crippen LogP contribution in [0.4, 0.5) is 5.69 Å². The van der Waals surface area contributed by atoms with E-state index in [2.05, 4.69) is 5.32 Å². The minimum absolute atomic E-state index is 0.0143. The van der Waals surface area contributed by atoms with Crippen LogP contribution >= 0.6 is 0 Å². The van der Waals surface area contributed by atoms with Crippen molar-refractivity contribution in [2.24, 2.45) is 0 Å². The molecule has 0 aromatic heterocycles. The third-order valence-corrected chi connectivity index (χ3v) is 4.69. The van der Waals surface area contributed by atoms with E-state index in [1.165, 1.54) is 0 Å². The molecule has 0 bridgehead atoms. The Morgan fingerprint density at radius 2 is 1.48 bits per heavy atom. The Morgan fingerprint density at radius 3 is 2.11 bits per heavy atom. The maximum Gasteiger partial charge on any atom is 0.323 e. The van der Waals surface area contributed by atoms with Crippen molar-refractivity contribution in [1.82, 2.24) is 0 Å². The van der Waals surface area contributed by atoms with Gasteiger partial charge in [0.15, 0.2) is 0 Å². The Balaban J connectivity index is 1.62. The Kier molecular flexibility index (Phi) is 4.71. The molecule has 1 N–H and O–H groups in total. The highest BCUT2D eigenvalue weighted by atomic mass is 16.5. The normalized spacial score (nSPS) is 13.0. The highest BCUT2D eigenvalue weighted by Crippen LogP contribution is 2.30. The van der Waals surface area contributed by atoms with Crippen LogP contribution < -0.4 is 10.1 Å². The zero-order valence-electron chi connectivity index (χ0n) is 14.7. The van der Waals surface area contributed by atoms with E-state index >= 15 is 0 Å². The number of carbonyl (C=O) groups is 2. The molecule has 3 aromatic carbocycles. The van der Waals surface area contributed by atoms with Crippen LogP contribution in [0.15, 0.2) is 78.9 Å². The van der Waals surface area contributed by atoms with Crippen LogP contribution in [0.1, 0.15) is 29.0 Å². The fourth-order valence-corrected chi connectivity index (χ4v) is 3.35. The van der Waals surface area contributed by atoms with Gasteiger partial charge in [0.05, 0.1) is 0 Å². The number of aryl methyl sites for hydroxylation is 1. The van der Waals surface area contributed by atoms with Crippen molar-refractivity contribution < 1.29 is 14.3 Å². The predicted molar refractivity (Wildman–Crippen MR) is 104 cm³/mol. The van der Waals surface area contributed by atoms with Gasteiger partial charge in [0.25, 0.3) is 0 Å². The van der Waals surface area contributed by atoms with Crippen molar-refractivity contribution in [2.45, 2.75) is 18.8 Å². The minimum Gasteiger partial charge on any atom is -0.426 e. The van der Waals surface area contributed by atoms with Crippen LogP contribution in [-0.4, -0.2) is 11.9 Å². The van der Waals surface area contributed by atoms with Crippen molar-refractivity contribution in [3.8, 4) is 5.75 Å². The number of ether oxygens (including phenoxy) is 1. The van der Waals surface area contributed by atoms with E-state index in [-0.39, 0.29) is 11.9 Å². The first-order chi connectivity index (χ1) is 13.2. The molecule has 1 aliphatic heterocycles. The Labute approximate surface area is 157 Å². The van der Waals surface area contributed by atoms with Crippen molar-refractivity contribution in [2.75, 3.05) is 5.32 Å². The Morgan fingerprint density at radius 1 is 0.852 bits per heavy atom. The molecular weight excluding hydrogens is 338 g/mol. The number of carbonyl (C=O) groups excluding carboxylic acids is 2. The van der Waals surface area contributed by atoms with Gasteiger partial charge in [-0.3, -0.25) is 9.59 Å². The van der Waals surface area contributed by atoms with Gasteiger partial charge >= 0.3 is 5.97 Å². The summed E-state index contributed by atoms with van der Waals surface area (Å²) in [6.07, 6.45) is 1.09. The Hall–Kier alpha value is -3.40. The van der Waals surface area contributed by atoms with Crippen molar-refractivity contribution >= 4 is 17.6 Å². The standard InChI is InChI=1S/C23H19NO3/c25-21-14-11-18-15-19(12-13-20(18)24-21)27-23(26)22(16-7-3-1-4-8-16)17-9-5-2-6-10-17/h1-10,12-13,15,22H,11,14H2,(H,24,25). The summed E-state index contributed by atoms with van der Waals surface area (Å²) in [7, 11) is 0. The predicted octanol–water partition coefficient (Wildman–Crippen LogP) is 4.31. The van der Waals surface area contributed by atoms with Gasteiger partial charge in [-0.15, -0.1) is 0 Å². The number of hydrogen-bond donors (Lipinski definition) is 1. The summed E-state index contributed by atoms with van der Waals surface area (Å²) in [6.45, 7) is 0. The maximum atomic E-state index is 13.0. The molecule has 0 saturated heterocycles. The summed E-state index contributed by atoms with van der Waals surface area (Å²) < 4.78 is 5.73. The molecule has 4 nitrogen and oxygen atoms in total. The second kappa shape index (κ2) is 7.46. The quantitative estimate of drug-likeness (QED) is 0.559. The number of hydrogen-bond acceptors (Lipinski definition) is 3. The zero-order chi connectivity index (χ0) is 18.6. The number of nitrogens with one attached hydrogen (secondary N) is 1. The molecule has 0 unspecified atom stereocenters. The van der Waals surface area contributed by atoms with E-state index in [4.69, 9.17) is 4.74 Å². The van der Waals surface area contributed by atoms with Crippen LogP contribution in [0.5, 0.6) is 5.75 Å². The molecule has 4 heteroatoms. The molecule has 4 rings (SSSR count). The van der Waals surface area contributed by atoms with Crippen molar-refractivity contribution in [1.29, 1.82) is 0 Å². The monoisotopic (exact) mass is 357 g/mol. The number of esters is 1. The van der Waals surface area contributed by atoms with E-state index < -0.39 is 5.92 Å². The first-order valence-electron chi connectivity index (χ1n) is 8.95. The second-order valence-electron chi connectivity index (χ2n) is 6.54. The lowest BCUT2D eigenvalue weighted by Crippen LogP contribution is -2.21. The summed E-state index contributed by atoms with van der Waals surface area (Å²) in [4.78, 5) is 24.5. The molecule has 0 fully saturated rings. The lowest BCUT2D eigenvalue weighted by Gasteiger charge is -2.19. The lowest BCUT2D eigenvalue weighted by atomic mass is 9.91. The maximum absolute atomic E-state index is 13.0. The first kappa shape index (κ1) is 17.0. The van der Waals surface area contributed by atoms with Gasteiger partial charge in [0, 0.05) is 12.1 Å². The highest BCUT2D eigenvalue weighted by Gasteiger charge is 2.25. The molecule has 3 aromatic rings. The fraction of sp³-hybridized carbons (Fsp3) is 0.130. The summed E-state index contributed by atoms with van der Waals surface area (Å²) in [5, 5.41) is 2.84. The van der Waals surface area contributed by atoms with Crippen LogP contribution in [-0.2, 0) is 16.0 Å². The molecule has 0 saturated carbocycles. The second-order valence-corrected chi connectivity index (χ2v) is 6.54. The van der Waals surface area contributed by atoms with Gasteiger partial charge in [0.2, 0.25) is 5.91 Å². The zero-order valence-corrected chi connectivity index (χ0v) is 14.7. The topological polar surface area (TPSA) is 55.4 Å². The Bertz CT molecular complexity index is 928. The minimum atomic E-state index is -0.497. The van der Waals surface area contributed by atoms with Gasteiger partial charge in [0.1, 0.15) is 11.7 Å². The molecule has 1 heterocycles. The smallest absolute Gasteiger partial charge is 0.323 e. The number of benzene rings is 3. The summed E-state index contributed by atoms with van der Waals surface area (Å²) >= 11 is 0. The van der Waals surface area contributed by atoms with Gasteiger partial charge in [-0.05, 0) is 41.3 Å². The van der Waals surface area contributed by atoms with Crippen molar-refractivity contribution in [3.63, 3.8) is 0 Å². The molecule has 0 atom stereocenters. The van der Waals surface area contributed by atoms with E-state index in [0.29, 0.717) is 18.6 Å². The lowest BCUT2D eigenvalue weighted by molar-refractivity contribution is -0.135. The number of amides is 1. The van der Waals surface area contributed by atoms with E-state index in [9.17, 15) is 9.59 Å². The molecule has 0 radical (unpaired) electrons. The molecule has 0 spiro atoms. The largest absolute Gasteiger partial charge is 0.426 e. The molecule has 134 valence electrons. The third-order valence-electron chi connectivity index (χ3n) is 4.69.